The number of aryl methyl sites for hydroxylation is 2. The molecule has 25 heavy (non-hydrogen) atoms. The first-order valence-electron chi connectivity index (χ1n) is 9.40. The minimum Gasteiger partial charge on any atom is -0.494 e. The van der Waals surface area contributed by atoms with Crippen LogP contribution in [0.5, 0.6) is 5.75 Å². The Morgan fingerprint density at radius 1 is 1.16 bits per heavy atom. The van der Waals surface area contributed by atoms with Crippen LogP contribution in [0.4, 0.5) is 5.69 Å². The van der Waals surface area contributed by atoms with Crippen LogP contribution in [-0.4, -0.2) is 13.2 Å². The molecule has 0 spiro atoms. The predicted octanol–water partition coefficient (Wildman–Crippen LogP) is 5.34. The molecule has 0 unspecified atom stereocenters. The number of nitrogens with one attached hydrogen (secondary N) is 1. The van der Waals surface area contributed by atoms with Crippen molar-refractivity contribution in [3.63, 3.8) is 0 Å². The van der Waals surface area contributed by atoms with Crippen LogP contribution >= 0.6 is 0 Å². The van der Waals surface area contributed by atoms with E-state index in [1.165, 1.54) is 34.4 Å². The van der Waals surface area contributed by atoms with E-state index in [4.69, 9.17) is 9.47 Å². The number of ether oxygens (including phenoxy) is 2. The van der Waals surface area contributed by atoms with Gasteiger partial charge in [0.2, 0.25) is 0 Å². The number of benzene rings is 2. The summed E-state index contributed by atoms with van der Waals surface area (Å²) in [7, 11) is 0. The zero-order valence-corrected chi connectivity index (χ0v) is 15.3. The van der Waals surface area contributed by atoms with Gasteiger partial charge in [0.25, 0.3) is 0 Å². The maximum atomic E-state index is 6.29. The summed E-state index contributed by atoms with van der Waals surface area (Å²) in [4.78, 5) is 0. The molecule has 2 aliphatic rings. The second kappa shape index (κ2) is 6.72. The summed E-state index contributed by atoms with van der Waals surface area (Å²) in [6.07, 6.45) is 2.47. The summed E-state index contributed by atoms with van der Waals surface area (Å²) < 4.78 is 12.2. The predicted molar refractivity (Wildman–Crippen MR) is 101 cm³/mol. The smallest absolute Gasteiger partial charge is 0.124 e. The number of para-hydroxylation sites is 1. The Balaban J connectivity index is 1.82. The first-order chi connectivity index (χ1) is 12.2. The second-order valence-corrected chi connectivity index (χ2v) is 7.24. The Morgan fingerprint density at radius 3 is 2.84 bits per heavy atom. The van der Waals surface area contributed by atoms with Crippen molar-refractivity contribution in [2.45, 2.75) is 45.8 Å². The fourth-order valence-corrected chi connectivity index (χ4v) is 4.48. The fourth-order valence-electron chi connectivity index (χ4n) is 4.48. The Bertz CT molecular complexity index is 771. The van der Waals surface area contributed by atoms with Crippen molar-refractivity contribution in [1.29, 1.82) is 0 Å². The third kappa shape index (κ3) is 2.91. The molecule has 3 heteroatoms. The molecule has 0 bridgehead atoms. The average Bonchev–Trinajstić information content (AvgIpc) is 2.62. The van der Waals surface area contributed by atoms with Gasteiger partial charge in [0.05, 0.1) is 18.8 Å². The molecule has 1 saturated heterocycles. The third-order valence-corrected chi connectivity index (χ3v) is 5.47. The van der Waals surface area contributed by atoms with Gasteiger partial charge >= 0.3 is 0 Å². The first kappa shape index (κ1) is 16.5. The van der Waals surface area contributed by atoms with Crippen molar-refractivity contribution in [3.05, 3.63) is 58.7 Å². The number of hydrogen-bond donors (Lipinski definition) is 1. The molecule has 1 N–H and O–H groups in total. The molecule has 132 valence electrons. The Labute approximate surface area is 150 Å². The SMILES string of the molecule is CCOc1ccccc1[C@@H]1Nc2c(C)cc(C)cc2[C@H]2OCCC[C@H]21. The molecule has 2 heterocycles. The van der Waals surface area contributed by atoms with E-state index in [-0.39, 0.29) is 12.1 Å². The van der Waals surface area contributed by atoms with Gasteiger partial charge in [-0.25, -0.2) is 0 Å². The van der Waals surface area contributed by atoms with Crippen molar-refractivity contribution >= 4 is 5.69 Å². The average molecular weight is 337 g/mol. The van der Waals surface area contributed by atoms with E-state index >= 15 is 0 Å². The van der Waals surface area contributed by atoms with E-state index in [0.29, 0.717) is 12.5 Å². The Hall–Kier alpha value is -2.00. The topological polar surface area (TPSA) is 30.5 Å². The van der Waals surface area contributed by atoms with E-state index in [0.717, 1.165) is 18.8 Å². The minimum absolute atomic E-state index is 0.170. The molecule has 4 rings (SSSR count). The largest absolute Gasteiger partial charge is 0.494 e. The van der Waals surface area contributed by atoms with Gasteiger partial charge in [0.1, 0.15) is 5.75 Å². The maximum absolute atomic E-state index is 6.29. The number of hydrogen-bond acceptors (Lipinski definition) is 3. The zero-order chi connectivity index (χ0) is 17.4. The van der Waals surface area contributed by atoms with Crippen molar-refractivity contribution in [1.82, 2.24) is 0 Å². The Kier molecular flexibility index (Phi) is 4.43. The highest BCUT2D eigenvalue weighted by Gasteiger charge is 2.41. The lowest BCUT2D eigenvalue weighted by molar-refractivity contribution is -0.0384. The molecule has 0 aromatic heterocycles. The number of rotatable bonds is 3. The molecule has 2 aliphatic heterocycles. The normalized spacial score (nSPS) is 24.8. The van der Waals surface area contributed by atoms with Crippen molar-refractivity contribution in [3.8, 4) is 5.75 Å². The van der Waals surface area contributed by atoms with Crippen LogP contribution in [0.25, 0.3) is 0 Å². The van der Waals surface area contributed by atoms with E-state index < -0.39 is 0 Å². The molecule has 1 fully saturated rings. The van der Waals surface area contributed by atoms with Crippen LogP contribution in [0.3, 0.4) is 0 Å². The molecule has 0 saturated carbocycles. The summed E-state index contributed by atoms with van der Waals surface area (Å²) in [5.74, 6) is 1.42. The molecular weight excluding hydrogens is 310 g/mol. The summed E-state index contributed by atoms with van der Waals surface area (Å²) >= 11 is 0. The van der Waals surface area contributed by atoms with Crippen LogP contribution in [-0.2, 0) is 4.74 Å². The summed E-state index contributed by atoms with van der Waals surface area (Å²) in [5.41, 5.74) is 6.41. The van der Waals surface area contributed by atoms with Crippen LogP contribution < -0.4 is 10.1 Å². The van der Waals surface area contributed by atoms with Crippen LogP contribution in [0, 0.1) is 19.8 Å². The van der Waals surface area contributed by atoms with Crippen molar-refractivity contribution < 1.29 is 9.47 Å². The molecule has 3 nitrogen and oxygen atoms in total. The van der Waals surface area contributed by atoms with E-state index in [9.17, 15) is 0 Å². The molecule has 2 aromatic carbocycles. The van der Waals surface area contributed by atoms with Crippen LogP contribution in [0.15, 0.2) is 36.4 Å². The summed E-state index contributed by atoms with van der Waals surface area (Å²) in [6, 6.07) is 13.2. The lowest BCUT2D eigenvalue weighted by atomic mass is 9.76. The first-order valence-corrected chi connectivity index (χ1v) is 9.40. The van der Waals surface area contributed by atoms with Crippen LogP contribution in [0.2, 0.25) is 0 Å². The molecule has 0 amide bonds. The highest BCUT2D eigenvalue weighted by Crippen LogP contribution is 2.51. The highest BCUT2D eigenvalue weighted by molar-refractivity contribution is 5.63. The molecule has 0 radical (unpaired) electrons. The molecule has 0 aliphatic carbocycles. The quantitative estimate of drug-likeness (QED) is 0.820. The molecular formula is C22H27NO2. The van der Waals surface area contributed by atoms with E-state index in [1.54, 1.807) is 0 Å². The number of anilines is 1. The van der Waals surface area contributed by atoms with Gasteiger partial charge in [-0.2, -0.15) is 0 Å². The number of fused-ring (bicyclic) bond motifs is 3. The monoisotopic (exact) mass is 337 g/mol. The van der Waals surface area contributed by atoms with E-state index in [2.05, 4.69) is 55.6 Å². The molecule has 3 atom stereocenters. The minimum atomic E-state index is 0.170. The van der Waals surface area contributed by atoms with Gasteiger partial charge < -0.3 is 14.8 Å². The standard InChI is InChI=1S/C22H27NO2/c1-4-24-19-10-6-5-8-16(19)21-17-9-7-11-25-22(17)18-13-14(2)12-15(3)20(18)23-21/h5-6,8,10,12-13,17,21-23H,4,7,9,11H2,1-3H3/t17-,21-,22-/m0/s1. The third-order valence-electron chi connectivity index (χ3n) is 5.47. The van der Waals surface area contributed by atoms with Gasteiger partial charge in [-0.3, -0.25) is 0 Å². The summed E-state index contributed by atoms with van der Waals surface area (Å²) in [6.45, 7) is 7.94. The van der Waals surface area contributed by atoms with Crippen LogP contribution in [0.1, 0.15) is 54.2 Å². The lowest BCUT2D eigenvalue weighted by Gasteiger charge is -2.44. The molecule has 2 aromatic rings. The van der Waals surface area contributed by atoms with Crippen molar-refractivity contribution in [2.75, 3.05) is 18.5 Å². The van der Waals surface area contributed by atoms with Gasteiger partial charge in [-0.05, 0) is 45.2 Å². The van der Waals surface area contributed by atoms with Gasteiger partial charge in [0, 0.05) is 29.3 Å². The Morgan fingerprint density at radius 2 is 2.00 bits per heavy atom. The van der Waals surface area contributed by atoms with E-state index in [1.807, 2.05) is 6.92 Å². The lowest BCUT2D eigenvalue weighted by Crippen LogP contribution is -2.36. The fraction of sp³-hybridized carbons (Fsp3) is 0.455. The van der Waals surface area contributed by atoms with Gasteiger partial charge in [0.15, 0.2) is 0 Å². The highest BCUT2D eigenvalue weighted by atomic mass is 16.5. The van der Waals surface area contributed by atoms with Gasteiger partial charge in [-0.15, -0.1) is 0 Å². The van der Waals surface area contributed by atoms with Crippen molar-refractivity contribution in [2.24, 2.45) is 5.92 Å². The second-order valence-electron chi connectivity index (χ2n) is 7.24. The zero-order valence-electron chi connectivity index (χ0n) is 15.3. The maximum Gasteiger partial charge on any atom is 0.124 e. The summed E-state index contributed by atoms with van der Waals surface area (Å²) in [5, 5.41) is 3.85. The van der Waals surface area contributed by atoms with Gasteiger partial charge in [-0.1, -0.05) is 35.9 Å².